The average molecular weight is 329 g/mol. The van der Waals surface area contributed by atoms with Crippen LogP contribution in [0.5, 0.6) is 0 Å². The molecule has 2 amide bonds. The van der Waals surface area contributed by atoms with Crippen LogP contribution in [0.15, 0.2) is 12.3 Å². The van der Waals surface area contributed by atoms with Gasteiger partial charge in [-0.2, -0.15) is 0 Å². The summed E-state index contributed by atoms with van der Waals surface area (Å²) in [5, 5.41) is 6.01. The molecule has 0 spiro atoms. The average Bonchev–Trinajstić information content (AvgIpc) is 3.01. The Bertz CT molecular complexity index is 675. The lowest BCUT2D eigenvalue weighted by Gasteiger charge is -2.47. The first-order valence-electron chi connectivity index (χ1n) is 8.81. The summed E-state index contributed by atoms with van der Waals surface area (Å²) < 4.78 is 5.68. The molecule has 0 aromatic carbocycles. The van der Waals surface area contributed by atoms with Gasteiger partial charge in [0.25, 0.3) is 5.91 Å². The molecule has 1 aliphatic heterocycles. The van der Waals surface area contributed by atoms with Crippen LogP contribution in [0.4, 0.5) is 0 Å². The topological polar surface area (TPSA) is 80.3 Å². The van der Waals surface area contributed by atoms with E-state index >= 15 is 0 Å². The van der Waals surface area contributed by atoms with Crippen molar-refractivity contribution >= 4 is 11.8 Å². The standard InChI is InChI=1S/C18H23N3O3/c1-10(22)20-16-15(13-6-7-24-17(13)16)21-18(23)12-8-11-4-2-3-5-14(11)19-9-12/h8-9,13,15-17H,2-7H2,1H3,(H,20,22)(H,21,23)/t13-,15+,16-,17-/m1/s1. The molecular weight excluding hydrogens is 306 g/mol. The summed E-state index contributed by atoms with van der Waals surface area (Å²) in [6.45, 7) is 2.19. The molecule has 3 aliphatic rings. The number of carbonyl (C=O) groups excluding carboxylic acids is 2. The number of rotatable bonds is 3. The van der Waals surface area contributed by atoms with E-state index in [4.69, 9.17) is 4.74 Å². The Hall–Kier alpha value is -1.95. The molecule has 24 heavy (non-hydrogen) atoms. The van der Waals surface area contributed by atoms with Gasteiger partial charge in [-0.15, -0.1) is 0 Å². The van der Waals surface area contributed by atoms with Gasteiger partial charge in [-0.1, -0.05) is 0 Å². The molecular formula is C18H23N3O3. The Kier molecular flexibility index (Phi) is 4.00. The van der Waals surface area contributed by atoms with Crippen molar-refractivity contribution in [3.05, 3.63) is 29.1 Å². The Morgan fingerprint density at radius 3 is 2.88 bits per heavy atom. The largest absolute Gasteiger partial charge is 0.376 e. The first-order chi connectivity index (χ1) is 11.6. The predicted octanol–water partition coefficient (Wildman–Crippen LogP) is 0.982. The SMILES string of the molecule is CC(=O)N[C@@H]1[C@@H](NC(=O)c2cnc3c(c2)CCCC3)[C@H]2CCO[C@H]21. The highest BCUT2D eigenvalue weighted by Gasteiger charge is 2.54. The zero-order valence-corrected chi connectivity index (χ0v) is 13.9. The van der Waals surface area contributed by atoms with Crippen LogP contribution in [0.2, 0.25) is 0 Å². The first-order valence-corrected chi connectivity index (χ1v) is 8.81. The van der Waals surface area contributed by atoms with Crippen LogP contribution in [0.1, 0.15) is 47.8 Å². The van der Waals surface area contributed by atoms with Crippen LogP contribution < -0.4 is 10.6 Å². The number of nitrogens with zero attached hydrogens (tertiary/aromatic N) is 1. The summed E-state index contributed by atoms with van der Waals surface area (Å²) in [5.41, 5.74) is 2.93. The van der Waals surface area contributed by atoms with Crippen LogP contribution in [0, 0.1) is 5.92 Å². The zero-order valence-electron chi connectivity index (χ0n) is 13.9. The van der Waals surface area contributed by atoms with Crippen molar-refractivity contribution in [3.8, 4) is 0 Å². The van der Waals surface area contributed by atoms with Gasteiger partial charge in [-0.3, -0.25) is 14.6 Å². The lowest BCUT2D eigenvalue weighted by atomic mass is 9.71. The van der Waals surface area contributed by atoms with Crippen LogP contribution in [-0.4, -0.2) is 41.6 Å². The minimum absolute atomic E-state index is 0.0286. The number of amides is 2. The molecule has 0 bridgehead atoms. The van der Waals surface area contributed by atoms with E-state index in [1.165, 1.54) is 18.9 Å². The molecule has 1 aromatic rings. The van der Waals surface area contributed by atoms with Crippen molar-refractivity contribution in [1.29, 1.82) is 0 Å². The minimum Gasteiger partial charge on any atom is -0.376 e. The molecule has 6 nitrogen and oxygen atoms in total. The highest BCUT2D eigenvalue weighted by Crippen LogP contribution is 2.39. The number of pyridine rings is 1. The molecule has 4 rings (SSSR count). The quantitative estimate of drug-likeness (QED) is 0.866. The maximum absolute atomic E-state index is 12.6. The highest BCUT2D eigenvalue weighted by molar-refractivity contribution is 5.94. The van der Waals surface area contributed by atoms with E-state index in [1.807, 2.05) is 6.07 Å². The molecule has 1 saturated heterocycles. The van der Waals surface area contributed by atoms with Crippen molar-refractivity contribution in [2.75, 3.05) is 6.61 Å². The van der Waals surface area contributed by atoms with E-state index < -0.39 is 0 Å². The van der Waals surface area contributed by atoms with Gasteiger partial charge in [-0.05, 0) is 43.7 Å². The number of aryl methyl sites for hydroxylation is 2. The second-order valence-electron chi connectivity index (χ2n) is 7.05. The van der Waals surface area contributed by atoms with Crippen molar-refractivity contribution in [2.24, 2.45) is 5.92 Å². The molecule has 1 saturated carbocycles. The van der Waals surface area contributed by atoms with Gasteiger partial charge < -0.3 is 15.4 Å². The normalized spacial score (nSPS) is 30.7. The van der Waals surface area contributed by atoms with E-state index in [0.29, 0.717) is 12.2 Å². The molecule has 2 aliphatic carbocycles. The number of nitrogens with one attached hydrogen (secondary N) is 2. The molecule has 2 heterocycles. The number of aromatic nitrogens is 1. The summed E-state index contributed by atoms with van der Waals surface area (Å²) in [4.78, 5) is 28.5. The van der Waals surface area contributed by atoms with E-state index in [2.05, 4.69) is 15.6 Å². The smallest absolute Gasteiger partial charge is 0.253 e. The number of ether oxygens (including phenoxy) is 1. The van der Waals surface area contributed by atoms with Crippen molar-refractivity contribution in [2.45, 2.75) is 57.2 Å². The molecule has 1 aromatic heterocycles. The fourth-order valence-electron chi connectivity index (χ4n) is 4.26. The van der Waals surface area contributed by atoms with Gasteiger partial charge in [0.1, 0.15) is 0 Å². The Morgan fingerprint density at radius 1 is 1.21 bits per heavy atom. The van der Waals surface area contributed by atoms with Crippen LogP contribution >= 0.6 is 0 Å². The van der Waals surface area contributed by atoms with Crippen molar-refractivity contribution in [3.63, 3.8) is 0 Å². The van der Waals surface area contributed by atoms with E-state index in [9.17, 15) is 9.59 Å². The zero-order chi connectivity index (χ0) is 16.7. The van der Waals surface area contributed by atoms with Crippen LogP contribution in [0.3, 0.4) is 0 Å². The fourth-order valence-corrected chi connectivity index (χ4v) is 4.26. The third kappa shape index (κ3) is 2.69. The Labute approximate surface area is 141 Å². The van der Waals surface area contributed by atoms with E-state index in [-0.39, 0.29) is 35.9 Å². The molecule has 2 fully saturated rings. The van der Waals surface area contributed by atoms with Crippen molar-refractivity contribution < 1.29 is 14.3 Å². The van der Waals surface area contributed by atoms with Gasteiger partial charge in [0.05, 0.1) is 23.8 Å². The van der Waals surface area contributed by atoms with E-state index in [1.54, 1.807) is 6.20 Å². The van der Waals surface area contributed by atoms with Crippen LogP contribution in [0.25, 0.3) is 0 Å². The third-order valence-corrected chi connectivity index (χ3v) is 5.49. The van der Waals surface area contributed by atoms with Crippen molar-refractivity contribution in [1.82, 2.24) is 15.6 Å². The lowest BCUT2D eigenvalue weighted by Crippen LogP contribution is -2.70. The van der Waals surface area contributed by atoms with Gasteiger partial charge in [0, 0.05) is 31.3 Å². The van der Waals surface area contributed by atoms with E-state index in [0.717, 1.165) is 31.4 Å². The molecule has 4 atom stereocenters. The summed E-state index contributed by atoms with van der Waals surface area (Å²) in [6.07, 6.45) is 6.97. The second-order valence-corrected chi connectivity index (χ2v) is 7.05. The number of hydrogen-bond donors (Lipinski definition) is 2. The van der Waals surface area contributed by atoms with Gasteiger partial charge in [0.2, 0.25) is 5.91 Å². The highest BCUT2D eigenvalue weighted by atomic mass is 16.5. The molecule has 0 radical (unpaired) electrons. The van der Waals surface area contributed by atoms with Gasteiger partial charge in [0.15, 0.2) is 0 Å². The molecule has 128 valence electrons. The molecule has 6 heteroatoms. The number of hydrogen-bond acceptors (Lipinski definition) is 4. The Morgan fingerprint density at radius 2 is 2.04 bits per heavy atom. The summed E-state index contributed by atoms with van der Waals surface area (Å²) >= 11 is 0. The minimum atomic E-state index is -0.135. The first kappa shape index (κ1) is 15.6. The third-order valence-electron chi connectivity index (χ3n) is 5.49. The predicted molar refractivity (Wildman–Crippen MR) is 87.6 cm³/mol. The summed E-state index contributed by atoms with van der Waals surface area (Å²) in [5.74, 6) is 0.0848. The number of fused-ring (bicyclic) bond motifs is 2. The number of carbonyl (C=O) groups is 2. The van der Waals surface area contributed by atoms with Gasteiger partial charge >= 0.3 is 0 Å². The monoisotopic (exact) mass is 329 g/mol. The second kappa shape index (κ2) is 6.16. The fraction of sp³-hybridized carbons (Fsp3) is 0.611. The molecule has 2 N–H and O–H groups in total. The summed E-state index contributed by atoms with van der Waals surface area (Å²) in [7, 11) is 0. The maximum atomic E-state index is 12.6. The molecule has 0 unspecified atom stereocenters. The van der Waals surface area contributed by atoms with Gasteiger partial charge in [-0.25, -0.2) is 0 Å². The summed E-state index contributed by atoms with van der Waals surface area (Å²) in [6, 6.07) is 1.78. The van der Waals surface area contributed by atoms with Crippen LogP contribution in [-0.2, 0) is 22.4 Å². The Balaban J connectivity index is 1.48. The lowest BCUT2D eigenvalue weighted by molar-refractivity contribution is -0.123. The maximum Gasteiger partial charge on any atom is 0.253 e.